The summed E-state index contributed by atoms with van der Waals surface area (Å²) in [5.41, 5.74) is 1.48. The van der Waals surface area contributed by atoms with Crippen LogP contribution < -0.4 is 16.0 Å². The van der Waals surface area contributed by atoms with Gasteiger partial charge in [0.1, 0.15) is 19.3 Å². The summed E-state index contributed by atoms with van der Waals surface area (Å²) < 4.78 is 15.9. The van der Waals surface area contributed by atoms with Crippen LogP contribution >= 0.6 is 0 Å². The molecular formula is C32H41N3O8. The van der Waals surface area contributed by atoms with Crippen LogP contribution in [0.2, 0.25) is 0 Å². The van der Waals surface area contributed by atoms with Gasteiger partial charge in [0.2, 0.25) is 11.8 Å². The van der Waals surface area contributed by atoms with E-state index in [1.165, 1.54) is 6.08 Å². The average molecular weight is 596 g/mol. The van der Waals surface area contributed by atoms with Crippen molar-refractivity contribution in [1.29, 1.82) is 0 Å². The summed E-state index contributed by atoms with van der Waals surface area (Å²) in [6, 6.07) is 16.3. The van der Waals surface area contributed by atoms with E-state index in [4.69, 9.17) is 19.3 Å². The van der Waals surface area contributed by atoms with Gasteiger partial charge in [0, 0.05) is 13.0 Å². The zero-order chi connectivity index (χ0) is 31.3. The third-order valence-corrected chi connectivity index (χ3v) is 6.16. The van der Waals surface area contributed by atoms with Crippen molar-refractivity contribution in [1.82, 2.24) is 16.0 Å². The van der Waals surface area contributed by atoms with Gasteiger partial charge in [-0.25, -0.2) is 9.59 Å². The molecular weight excluding hydrogens is 554 g/mol. The third-order valence-electron chi connectivity index (χ3n) is 6.16. The highest BCUT2D eigenvalue weighted by molar-refractivity contribution is 5.86. The molecule has 2 rings (SSSR count). The van der Waals surface area contributed by atoms with Gasteiger partial charge in [-0.05, 0) is 24.0 Å². The van der Waals surface area contributed by atoms with Crippen LogP contribution in [-0.2, 0) is 35.2 Å². The lowest BCUT2D eigenvalue weighted by Gasteiger charge is -2.24. The molecule has 0 saturated heterocycles. The third kappa shape index (κ3) is 13.8. The molecule has 3 atom stereocenters. The lowest BCUT2D eigenvalue weighted by Crippen LogP contribution is -2.43. The Hall–Kier alpha value is -4.48. The van der Waals surface area contributed by atoms with E-state index in [1.807, 2.05) is 36.4 Å². The largest absolute Gasteiger partial charge is 0.462 e. The molecule has 0 saturated carbocycles. The Kier molecular flexibility index (Phi) is 16.5. The first-order valence-electron chi connectivity index (χ1n) is 14.0. The minimum Gasteiger partial charge on any atom is -0.462 e. The fraction of sp³-hybridized carbons (Fsp3) is 0.375. The zero-order valence-corrected chi connectivity index (χ0v) is 24.2. The highest BCUT2D eigenvalue weighted by Crippen LogP contribution is 2.17. The molecule has 232 valence electrons. The molecule has 0 heterocycles. The number of aliphatic hydroxyl groups excluding tert-OH is 1. The fourth-order valence-corrected chi connectivity index (χ4v) is 3.96. The van der Waals surface area contributed by atoms with Crippen LogP contribution in [0, 0.1) is 5.92 Å². The number of hydrogen-bond acceptors (Lipinski definition) is 8. The van der Waals surface area contributed by atoms with E-state index in [1.54, 1.807) is 30.3 Å². The number of rotatable bonds is 20. The first-order valence-corrected chi connectivity index (χ1v) is 14.0. The molecule has 11 nitrogen and oxygen atoms in total. The van der Waals surface area contributed by atoms with E-state index in [0.717, 1.165) is 5.56 Å². The fourth-order valence-electron chi connectivity index (χ4n) is 3.96. The SMILES string of the molecule is C=CC[C@H](CC(=O)NCCOCCO)C(=O)N[C@H](COC(=O)[C@@H](CC=C)NC(=O)OCc1ccccc1)c1ccccc1. The standard InChI is InChI=1S/C32H41N3O8/c1-3-11-26(21-29(37)33-17-19-41-20-18-36)30(38)34-28(25-15-9-6-10-16-25)23-42-31(39)27(12-4-2)35-32(40)43-22-24-13-7-5-8-14-24/h3-10,13-16,26-28,36H,1-2,11-12,17-23H2,(H,33,37)(H,34,38)(H,35,40)/t26-,27-,28-/m1/s1. The van der Waals surface area contributed by atoms with E-state index in [2.05, 4.69) is 29.1 Å². The lowest BCUT2D eigenvalue weighted by molar-refractivity contribution is -0.147. The highest BCUT2D eigenvalue weighted by atomic mass is 16.6. The molecule has 0 unspecified atom stereocenters. The minimum atomic E-state index is -1.05. The number of aliphatic hydroxyl groups is 1. The van der Waals surface area contributed by atoms with Crippen molar-refractivity contribution in [2.24, 2.45) is 5.92 Å². The van der Waals surface area contributed by atoms with E-state index in [-0.39, 0.29) is 64.7 Å². The topological polar surface area (TPSA) is 152 Å². The number of amides is 3. The second kappa shape index (κ2) is 20.4. The lowest BCUT2D eigenvalue weighted by atomic mass is 9.98. The molecule has 0 aromatic heterocycles. The predicted octanol–water partition coefficient (Wildman–Crippen LogP) is 2.97. The molecule has 0 fully saturated rings. The highest BCUT2D eigenvalue weighted by Gasteiger charge is 2.27. The van der Waals surface area contributed by atoms with Gasteiger partial charge in [0.25, 0.3) is 0 Å². The van der Waals surface area contributed by atoms with Crippen LogP contribution in [0.25, 0.3) is 0 Å². The number of nitrogens with one attached hydrogen (secondary N) is 3. The zero-order valence-electron chi connectivity index (χ0n) is 24.2. The van der Waals surface area contributed by atoms with Gasteiger partial charge in [0.05, 0.1) is 31.8 Å². The predicted molar refractivity (Wildman–Crippen MR) is 160 cm³/mol. The number of benzene rings is 2. The second-order valence-electron chi connectivity index (χ2n) is 9.50. The van der Waals surface area contributed by atoms with Crippen molar-refractivity contribution >= 4 is 23.9 Å². The van der Waals surface area contributed by atoms with Gasteiger partial charge in [-0.15, -0.1) is 13.2 Å². The minimum absolute atomic E-state index is 0.0338. The van der Waals surface area contributed by atoms with E-state index in [9.17, 15) is 19.2 Å². The van der Waals surface area contributed by atoms with E-state index < -0.39 is 36.0 Å². The van der Waals surface area contributed by atoms with Gasteiger partial charge in [-0.2, -0.15) is 0 Å². The van der Waals surface area contributed by atoms with Gasteiger partial charge >= 0.3 is 12.1 Å². The Morgan fingerprint density at radius 2 is 1.53 bits per heavy atom. The van der Waals surface area contributed by atoms with Crippen LogP contribution in [0.15, 0.2) is 86.0 Å². The molecule has 0 aliphatic heterocycles. The van der Waals surface area contributed by atoms with Crippen LogP contribution in [0.3, 0.4) is 0 Å². The Balaban J connectivity index is 2.00. The smallest absolute Gasteiger partial charge is 0.408 e. The molecule has 4 N–H and O–H groups in total. The number of carbonyl (C=O) groups excluding carboxylic acids is 4. The maximum absolute atomic E-state index is 13.3. The monoisotopic (exact) mass is 595 g/mol. The first-order chi connectivity index (χ1) is 20.9. The summed E-state index contributed by atoms with van der Waals surface area (Å²) in [6.07, 6.45) is 2.51. The molecule has 2 aromatic carbocycles. The second-order valence-corrected chi connectivity index (χ2v) is 9.50. The van der Waals surface area contributed by atoms with Gasteiger partial charge < -0.3 is 35.3 Å². The number of carbonyl (C=O) groups is 4. The van der Waals surface area contributed by atoms with Crippen LogP contribution in [0.4, 0.5) is 4.79 Å². The van der Waals surface area contributed by atoms with Crippen molar-refractivity contribution in [3.05, 3.63) is 97.1 Å². The van der Waals surface area contributed by atoms with Crippen LogP contribution in [-0.4, -0.2) is 68.0 Å². The van der Waals surface area contributed by atoms with Crippen molar-refractivity contribution in [2.45, 2.75) is 38.0 Å². The van der Waals surface area contributed by atoms with Crippen LogP contribution in [0.1, 0.15) is 36.4 Å². The number of alkyl carbamates (subject to hydrolysis) is 1. The Bertz CT molecular complexity index is 1160. The summed E-state index contributed by atoms with van der Waals surface area (Å²) >= 11 is 0. The summed E-state index contributed by atoms with van der Waals surface area (Å²) in [6.45, 7) is 7.68. The molecule has 11 heteroatoms. The molecule has 0 aliphatic carbocycles. The molecule has 2 aromatic rings. The Labute approximate surface area is 252 Å². The van der Waals surface area contributed by atoms with Gasteiger partial charge in [-0.1, -0.05) is 72.8 Å². The first kappa shape index (κ1) is 34.7. The van der Waals surface area contributed by atoms with Crippen LogP contribution in [0.5, 0.6) is 0 Å². The Morgan fingerprint density at radius 1 is 0.860 bits per heavy atom. The van der Waals surface area contributed by atoms with Crippen molar-refractivity contribution in [3.63, 3.8) is 0 Å². The summed E-state index contributed by atoms with van der Waals surface area (Å²) in [5.74, 6) is -2.19. The summed E-state index contributed by atoms with van der Waals surface area (Å²) in [5, 5.41) is 16.8. The molecule has 3 amide bonds. The Morgan fingerprint density at radius 3 is 2.19 bits per heavy atom. The number of hydrogen-bond donors (Lipinski definition) is 4. The quantitative estimate of drug-likeness (QED) is 0.104. The number of ether oxygens (including phenoxy) is 3. The van der Waals surface area contributed by atoms with Crippen molar-refractivity contribution < 1.29 is 38.5 Å². The average Bonchev–Trinajstić information content (AvgIpc) is 3.02. The molecule has 43 heavy (non-hydrogen) atoms. The number of esters is 1. The van der Waals surface area contributed by atoms with Gasteiger partial charge in [-0.3, -0.25) is 9.59 Å². The maximum Gasteiger partial charge on any atom is 0.408 e. The normalized spacial score (nSPS) is 12.6. The molecule has 0 spiro atoms. The summed E-state index contributed by atoms with van der Waals surface area (Å²) in [4.78, 5) is 51.0. The van der Waals surface area contributed by atoms with Crippen molar-refractivity contribution in [3.8, 4) is 0 Å². The molecule has 0 bridgehead atoms. The van der Waals surface area contributed by atoms with Gasteiger partial charge in [0.15, 0.2) is 0 Å². The van der Waals surface area contributed by atoms with E-state index in [0.29, 0.717) is 5.56 Å². The maximum atomic E-state index is 13.3. The van der Waals surface area contributed by atoms with E-state index >= 15 is 0 Å². The molecule has 0 aliphatic rings. The van der Waals surface area contributed by atoms with Crippen molar-refractivity contribution in [2.75, 3.05) is 33.0 Å². The summed E-state index contributed by atoms with van der Waals surface area (Å²) in [7, 11) is 0. The molecule has 0 radical (unpaired) electrons. The number of allylic oxidation sites excluding steroid dienone is 1.